The summed E-state index contributed by atoms with van der Waals surface area (Å²) in [6, 6.07) is 4.87. The van der Waals surface area contributed by atoms with E-state index in [1.165, 1.54) is 39.5 Å². The molecule has 0 bridgehead atoms. The SMILES string of the molecule is CC(=O)N[C@H](C(=O)N1CCC[C@H]1C(=O)N[C@H](C(=O)N[C@@H](CC(=O)O)C(=O)N[C@H](C(=O)NCC(=O)N[C@@H](C)C(=O)N[C@@H](Cc1ccccc1)C(=O)N[C@@H](C)C(=O)N[C@@H](Cc1ccccc1)C(=O)O)C(C)C)[C@@H](C)O)C(C)C. The minimum Gasteiger partial charge on any atom is -0.481 e. The summed E-state index contributed by atoms with van der Waals surface area (Å²) in [5.41, 5.74) is 1.27. The molecule has 1 fully saturated rings. The second-order valence-electron chi connectivity index (χ2n) is 19.3. The maximum absolute atomic E-state index is 13.6. The Kier molecular flexibility index (Phi) is 24.4. The fourth-order valence-corrected chi connectivity index (χ4v) is 8.02. The quantitative estimate of drug-likeness (QED) is 0.0429. The van der Waals surface area contributed by atoms with Gasteiger partial charge >= 0.3 is 11.9 Å². The first-order valence-electron chi connectivity index (χ1n) is 24.9. The maximum Gasteiger partial charge on any atom is 0.326 e. The van der Waals surface area contributed by atoms with E-state index in [1.807, 2.05) is 0 Å². The summed E-state index contributed by atoms with van der Waals surface area (Å²) in [4.78, 5) is 158. The van der Waals surface area contributed by atoms with Crippen molar-refractivity contribution >= 4 is 71.0 Å². The number of aliphatic hydroxyl groups excluding tert-OH is 1. The van der Waals surface area contributed by atoms with Crippen LogP contribution in [0.4, 0.5) is 0 Å². The Balaban J connectivity index is 1.64. The third-order valence-corrected chi connectivity index (χ3v) is 12.2. The molecule has 12 N–H and O–H groups in total. The number of carbonyl (C=O) groups excluding carboxylic acids is 10. The van der Waals surface area contributed by atoms with Crippen LogP contribution in [-0.4, -0.2) is 165 Å². The molecule has 10 atom stereocenters. The Labute approximate surface area is 440 Å². The Morgan fingerprint density at radius 3 is 1.55 bits per heavy atom. The van der Waals surface area contributed by atoms with E-state index in [0.29, 0.717) is 17.5 Å². The average molecular weight is 1070 g/mol. The van der Waals surface area contributed by atoms with Crippen LogP contribution in [-0.2, 0) is 70.4 Å². The van der Waals surface area contributed by atoms with Crippen molar-refractivity contribution in [3.05, 3.63) is 71.8 Å². The lowest BCUT2D eigenvalue weighted by Gasteiger charge is -2.31. The molecule has 2 aromatic rings. The van der Waals surface area contributed by atoms with E-state index in [4.69, 9.17) is 0 Å². The molecule has 25 heteroatoms. The van der Waals surface area contributed by atoms with Crippen molar-refractivity contribution in [3.63, 3.8) is 0 Å². The molecule has 1 aliphatic rings. The summed E-state index contributed by atoms with van der Waals surface area (Å²) in [6.45, 7) is 10.9. The van der Waals surface area contributed by atoms with Crippen LogP contribution in [0.3, 0.4) is 0 Å². The van der Waals surface area contributed by atoms with E-state index >= 15 is 0 Å². The number of carbonyl (C=O) groups is 12. The first-order chi connectivity index (χ1) is 35.7. The van der Waals surface area contributed by atoms with E-state index < -0.39 is 150 Å². The average Bonchev–Trinajstić information content (AvgIpc) is 3.85. The van der Waals surface area contributed by atoms with E-state index in [1.54, 1.807) is 74.5 Å². The second-order valence-corrected chi connectivity index (χ2v) is 19.3. The number of benzene rings is 2. The van der Waals surface area contributed by atoms with Gasteiger partial charge in [0.1, 0.15) is 54.4 Å². The number of carboxylic acid groups (broad SMARTS) is 2. The molecule has 0 spiro atoms. The maximum atomic E-state index is 13.6. The number of likely N-dealkylation sites (tertiary alicyclic amines) is 1. The molecule has 10 amide bonds. The zero-order chi connectivity index (χ0) is 57.0. The van der Waals surface area contributed by atoms with Crippen LogP contribution < -0.4 is 47.9 Å². The normalized spacial score (nSPS) is 16.6. The molecular formula is C51H72N10O15. The van der Waals surface area contributed by atoms with Gasteiger partial charge in [-0.15, -0.1) is 0 Å². The number of nitrogens with one attached hydrogen (secondary N) is 9. The number of amides is 10. The van der Waals surface area contributed by atoms with Crippen molar-refractivity contribution in [3.8, 4) is 0 Å². The van der Waals surface area contributed by atoms with Gasteiger partial charge in [0.2, 0.25) is 59.1 Å². The van der Waals surface area contributed by atoms with Gasteiger partial charge in [-0.05, 0) is 56.6 Å². The van der Waals surface area contributed by atoms with Crippen molar-refractivity contribution in [2.45, 2.75) is 148 Å². The fourth-order valence-electron chi connectivity index (χ4n) is 8.02. The molecule has 0 radical (unpaired) electrons. The van der Waals surface area contributed by atoms with Crippen molar-refractivity contribution < 1.29 is 72.9 Å². The van der Waals surface area contributed by atoms with Gasteiger partial charge in [0, 0.05) is 26.3 Å². The minimum absolute atomic E-state index is 0.0253. The van der Waals surface area contributed by atoms with Gasteiger partial charge in [-0.1, -0.05) is 88.4 Å². The number of aliphatic hydroxyl groups is 1. The predicted molar refractivity (Wildman–Crippen MR) is 272 cm³/mol. The van der Waals surface area contributed by atoms with Crippen LogP contribution in [0.25, 0.3) is 0 Å². The van der Waals surface area contributed by atoms with Crippen LogP contribution in [0.15, 0.2) is 60.7 Å². The van der Waals surface area contributed by atoms with E-state index in [0.717, 1.165) is 6.92 Å². The highest BCUT2D eigenvalue weighted by molar-refractivity contribution is 5.99. The predicted octanol–water partition coefficient (Wildman–Crippen LogP) is -2.23. The topological polar surface area (TPSA) is 377 Å². The van der Waals surface area contributed by atoms with Gasteiger partial charge in [0.25, 0.3) is 0 Å². The number of carboxylic acids is 2. The molecular weight excluding hydrogens is 993 g/mol. The van der Waals surface area contributed by atoms with Crippen LogP contribution in [0.1, 0.15) is 85.8 Å². The molecule has 1 saturated heterocycles. The van der Waals surface area contributed by atoms with Crippen LogP contribution in [0.2, 0.25) is 0 Å². The Bertz CT molecular complexity index is 2400. The van der Waals surface area contributed by atoms with Crippen molar-refractivity contribution in [1.82, 2.24) is 52.8 Å². The molecule has 416 valence electrons. The standard InChI is InChI=1S/C51H72N10O15/c1-26(2)40(59-46(70)35(24-39(65)66)57-49(73)42(30(7)62)60-47(71)37-20-15-21-61(37)50(74)41(27(3)4)55-31(8)63)48(72)52-25-38(64)53-28(5)43(67)56-34(22-32-16-11-9-12-17-32)45(69)54-29(6)44(68)58-36(51(75)76)23-33-18-13-10-14-19-33/h9-14,16-19,26-30,34-37,40-42,62H,15,20-25H2,1-8H3,(H,52,72)(H,53,64)(H,54,69)(H,55,63)(H,56,67)(H,57,73)(H,58,68)(H,59,70)(H,60,71)(H,65,66)(H,75,76)/t28-,29-,30+,34-,35-,36-,37-,40-,41-,42-/m0/s1. The van der Waals surface area contributed by atoms with E-state index in [-0.39, 0.29) is 31.7 Å². The summed E-state index contributed by atoms with van der Waals surface area (Å²) in [7, 11) is 0. The zero-order valence-corrected chi connectivity index (χ0v) is 43.8. The number of hydrogen-bond acceptors (Lipinski definition) is 13. The van der Waals surface area contributed by atoms with Crippen molar-refractivity contribution in [1.29, 1.82) is 0 Å². The summed E-state index contributed by atoms with van der Waals surface area (Å²) >= 11 is 0. The van der Waals surface area contributed by atoms with Gasteiger partial charge in [-0.2, -0.15) is 0 Å². The smallest absolute Gasteiger partial charge is 0.326 e. The summed E-state index contributed by atoms with van der Waals surface area (Å²) < 4.78 is 0. The van der Waals surface area contributed by atoms with Crippen molar-refractivity contribution in [2.24, 2.45) is 11.8 Å². The van der Waals surface area contributed by atoms with Gasteiger partial charge in [-0.25, -0.2) is 4.79 Å². The lowest BCUT2D eigenvalue weighted by Crippen LogP contribution is -2.61. The molecule has 1 aliphatic heterocycles. The second kappa shape index (κ2) is 29.8. The zero-order valence-electron chi connectivity index (χ0n) is 43.8. The van der Waals surface area contributed by atoms with Gasteiger partial charge < -0.3 is 68.1 Å². The molecule has 0 saturated carbocycles. The van der Waals surface area contributed by atoms with Crippen LogP contribution >= 0.6 is 0 Å². The first-order valence-corrected chi connectivity index (χ1v) is 24.9. The highest BCUT2D eigenvalue weighted by Gasteiger charge is 2.41. The molecule has 0 aliphatic carbocycles. The fraction of sp³-hybridized carbons (Fsp3) is 0.529. The summed E-state index contributed by atoms with van der Waals surface area (Å²) in [5.74, 6) is -12.3. The van der Waals surface area contributed by atoms with Gasteiger partial charge in [-0.3, -0.25) is 52.7 Å². The highest BCUT2D eigenvalue weighted by atomic mass is 16.4. The molecule has 0 aromatic heterocycles. The molecule has 76 heavy (non-hydrogen) atoms. The van der Waals surface area contributed by atoms with Crippen LogP contribution in [0.5, 0.6) is 0 Å². The van der Waals surface area contributed by atoms with E-state index in [9.17, 15) is 72.9 Å². The molecule has 2 aromatic carbocycles. The van der Waals surface area contributed by atoms with E-state index in [2.05, 4.69) is 47.9 Å². The molecule has 0 unspecified atom stereocenters. The summed E-state index contributed by atoms with van der Waals surface area (Å²) in [6.07, 6.45) is -2.10. The molecule has 1 heterocycles. The Hall–Kier alpha value is -7.96. The lowest BCUT2D eigenvalue weighted by atomic mass is 10.0. The number of aliphatic carboxylic acids is 2. The minimum atomic E-state index is -1.86. The monoisotopic (exact) mass is 1060 g/mol. The van der Waals surface area contributed by atoms with Crippen LogP contribution in [0, 0.1) is 11.8 Å². The number of rotatable bonds is 28. The van der Waals surface area contributed by atoms with Gasteiger partial charge in [0.05, 0.1) is 19.1 Å². The number of hydrogen-bond donors (Lipinski definition) is 12. The summed E-state index contributed by atoms with van der Waals surface area (Å²) in [5, 5.41) is 51.8. The Morgan fingerprint density at radius 1 is 0.553 bits per heavy atom. The first kappa shape index (κ1) is 62.3. The third-order valence-electron chi connectivity index (χ3n) is 12.2. The van der Waals surface area contributed by atoms with Crippen molar-refractivity contribution in [2.75, 3.05) is 13.1 Å². The highest BCUT2D eigenvalue weighted by Crippen LogP contribution is 2.21. The molecule has 25 nitrogen and oxygen atoms in total. The molecule has 3 rings (SSSR count). The number of nitrogens with zero attached hydrogens (tertiary/aromatic N) is 1. The third kappa shape index (κ3) is 19.7. The largest absolute Gasteiger partial charge is 0.481 e. The van der Waals surface area contributed by atoms with Gasteiger partial charge in [0.15, 0.2) is 0 Å². The Morgan fingerprint density at radius 2 is 1.05 bits per heavy atom. The lowest BCUT2D eigenvalue weighted by molar-refractivity contribution is -0.144.